The highest BCUT2D eigenvalue weighted by Gasteiger charge is 2.42. The van der Waals surface area contributed by atoms with Crippen molar-refractivity contribution in [2.24, 2.45) is 0 Å². The molecule has 0 aliphatic rings. The maximum Gasteiger partial charge on any atom is 0.356 e. The normalized spacial score (nSPS) is 13.3. The number of likely N-dealkylation sites (N-methyl/N-ethyl adjacent to an activating group) is 1. The van der Waals surface area contributed by atoms with E-state index in [2.05, 4.69) is 5.48 Å². The van der Waals surface area contributed by atoms with E-state index in [0.29, 0.717) is 23.5 Å². The molecule has 0 saturated heterocycles. The Balaban J connectivity index is 1.95. The van der Waals surface area contributed by atoms with Gasteiger partial charge in [0.25, 0.3) is 0 Å². The van der Waals surface area contributed by atoms with E-state index in [-0.39, 0.29) is 11.1 Å². The van der Waals surface area contributed by atoms with Crippen molar-refractivity contribution in [1.82, 2.24) is 4.90 Å². The molecule has 0 bridgehead atoms. The summed E-state index contributed by atoms with van der Waals surface area (Å²) in [6.07, 6.45) is 0. The Labute approximate surface area is 185 Å². The van der Waals surface area contributed by atoms with Gasteiger partial charge in [0.1, 0.15) is 11.2 Å². The summed E-state index contributed by atoms with van der Waals surface area (Å²) in [4.78, 5) is 34.5. The lowest BCUT2D eigenvalue weighted by Crippen LogP contribution is -2.51. The lowest BCUT2D eigenvalue weighted by molar-refractivity contribution is -0.155. The van der Waals surface area contributed by atoms with Gasteiger partial charge in [-0.2, -0.15) is 0 Å². The van der Waals surface area contributed by atoms with Gasteiger partial charge in [0, 0.05) is 20.0 Å². The van der Waals surface area contributed by atoms with Crippen LogP contribution in [0.1, 0.15) is 31.2 Å². The predicted molar refractivity (Wildman–Crippen MR) is 124 cm³/mol. The van der Waals surface area contributed by atoms with E-state index in [9.17, 15) is 9.59 Å². The number of hydrogen-bond acceptors (Lipinski definition) is 6. The van der Waals surface area contributed by atoms with Gasteiger partial charge in [-0.25, -0.2) is 10.3 Å². The van der Waals surface area contributed by atoms with Crippen molar-refractivity contribution in [3.63, 3.8) is 0 Å². The fourth-order valence-corrected chi connectivity index (χ4v) is 4.78. The topological polar surface area (TPSA) is 58.6 Å². The third-order valence-electron chi connectivity index (χ3n) is 5.40. The van der Waals surface area contributed by atoms with Crippen molar-refractivity contribution in [2.75, 3.05) is 18.6 Å². The van der Waals surface area contributed by atoms with Crippen LogP contribution in [-0.4, -0.2) is 24.0 Å². The second-order valence-corrected chi connectivity index (χ2v) is 8.80. The molecule has 1 heterocycles. The SMILES string of the molecule is CCN(CC)C(C)(C(=O)ONc1c(C)sc2ccc(Cl)cc2c1=O)c1ccccc1. The van der Waals surface area contributed by atoms with Crippen molar-refractivity contribution in [3.8, 4) is 0 Å². The third kappa shape index (κ3) is 4.08. The van der Waals surface area contributed by atoms with Crippen LogP contribution < -0.4 is 10.9 Å². The lowest BCUT2D eigenvalue weighted by Gasteiger charge is -2.38. The van der Waals surface area contributed by atoms with Crippen molar-refractivity contribution >= 4 is 44.7 Å². The Hall–Kier alpha value is -2.41. The van der Waals surface area contributed by atoms with E-state index >= 15 is 0 Å². The molecule has 0 saturated carbocycles. The van der Waals surface area contributed by atoms with Crippen molar-refractivity contribution in [3.05, 3.63) is 74.2 Å². The van der Waals surface area contributed by atoms with E-state index in [0.717, 1.165) is 15.1 Å². The van der Waals surface area contributed by atoms with Crippen LogP contribution >= 0.6 is 22.9 Å². The van der Waals surface area contributed by atoms with Gasteiger partial charge in [0.05, 0.1) is 0 Å². The van der Waals surface area contributed by atoms with Crippen LogP contribution in [0.4, 0.5) is 5.69 Å². The Morgan fingerprint density at radius 3 is 2.47 bits per heavy atom. The molecule has 1 aromatic heterocycles. The smallest absolute Gasteiger partial charge is 0.341 e. The van der Waals surface area contributed by atoms with Gasteiger partial charge in [0.15, 0.2) is 0 Å². The first-order chi connectivity index (χ1) is 14.3. The quantitative estimate of drug-likeness (QED) is 0.498. The zero-order valence-corrected chi connectivity index (χ0v) is 19.1. The molecule has 5 nitrogen and oxygen atoms in total. The number of aryl methyl sites for hydroxylation is 1. The second-order valence-electron chi connectivity index (χ2n) is 7.10. The first-order valence-corrected chi connectivity index (χ1v) is 11.0. The number of anilines is 1. The predicted octanol–water partition coefficient (Wildman–Crippen LogP) is 5.35. The van der Waals surface area contributed by atoms with Crippen LogP contribution in [0.2, 0.25) is 5.02 Å². The largest absolute Gasteiger partial charge is 0.356 e. The highest BCUT2D eigenvalue weighted by atomic mass is 35.5. The molecule has 30 heavy (non-hydrogen) atoms. The highest BCUT2D eigenvalue weighted by molar-refractivity contribution is 7.18. The summed E-state index contributed by atoms with van der Waals surface area (Å²) in [5.74, 6) is -0.479. The molecule has 7 heteroatoms. The number of nitrogens with one attached hydrogen (secondary N) is 1. The molecule has 1 atom stereocenters. The Morgan fingerprint density at radius 2 is 1.83 bits per heavy atom. The van der Waals surface area contributed by atoms with E-state index < -0.39 is 11.5 Å². The summed E-state index contributed by atoms with van der Waals surface area (Å²) in [5.41, 5.74) is 2.47. The van der Waals surface area contributed by atoms with Gasteiger partial charge in [-0.1, -0.05) is 55.8 Å². The molecule has 0 aliphatic heterocycles. The number of nitrogens with zero attached hydrogens (tertiary/aromatic N) is 1. The number of fused-ring (bicyclic) bond motifs is 1. The van der Waals surface area contributed by atoms with E-state index in [1.54, 1.807) is 12.1 Å². The van der Waals surface area contributed by atoms with Crippen molar-refractivity contribution < 1.29 is 9.63 Å². The van der Waals surface area contributed by atoms with Gasteiger partial charge in [-0.3, -0.25) is 9.69 Å². The molecule has 158 valence electrons. The summed E-state index contributed by atoms with van der Waals surface area (Å²) in [7, 11) is 0. The van der Waals surface area contributed by atoms with Crippen LogP contribution in [0.3, 0.4) is 0 Å². The molecule has 1 unspecified atom stereocenters. The van der Waals surface area contributed by atoms with E-state index in [1.165, 1.54) is 11.3 Å². The van der Waals surface area contributed by atoms with Crippen LogP contribution in [0.15, 0.2) is 53.3 Å². The Bertz CT molecular complexity index is 1110. The third-order valence-corrected chi connectivity index (χ3v) is 6.72. The zero-order valence-electron chi connectivity index (χ0n) is 17.5. The molecule has 0 spiro atoms. The molecule has 0 radical (unpaired) electrons. The number of rotatable bonds is 7. The first-order valence-electron chi connectivity index (χ1n) is 9.83. The number of carbonyl (C=O) groups excluding carboxylic acids is 1. The molecular formula is C23H25ClN2O3S. The van der Waals surface area contributed by atoms with Gasteiger partial charge in [-0.15, -0.1) is 11.3 Å². The molecule has 0 aliphatic carbocycles. The molecule has 0 fully saturated rings. The van der Waals surface area contributed by atoms with Crippen LogP contribution in [0.25, 0.3) is 10.1 Å². The van der Waals surface area contributed by atoms with Gasteiger partial charge < -0.3 is 4.84 Å². The van der Waals surface area contributed by atoms with Gasteiger partial charge in [0.2, 0.25) is 5.43 Å². The summed E-state index contributed by atoms with van der Waals surface area (Å²) < 4.78 is 0.830. The molecule has 2 aromatic carbocycles. The molecule has 3 rings (SSSR count). The van der Waals surface area contributed by atoms with E-state index in [4.69, 9.17) is 16.4 Å². The highest BCUT2D eigenvalue weighted by Crippen LogP contribution is 2.31. The monoisotopic (exact) mass is 444 g/mol. The number of carbonyl (C=O) groups is 1. The minimum Gasteiger partial charge on any atom is -0.341 e. The lowest BCUT2D eigenvalue weighted by atomic mass is 9.90. The van der Waals surface area contributed by atoms with Gasteiger partial charge in [-0.05, 0) is 50.7 Å². The Kier molecular flexibility index (Phi) is 6.81. The molecule has 1 N–H and O–H groups in total. The zero-order chi connectivity index (χ0) is 21.9. The minimum atomic E-state index is -1.00. The maximum absolute atomic E-state index is 13.3. The second kappa shape index (κ2) is 9.16. The average Bonchev–Trinajstić information content (AvgIpc) is 2.75. The first kappa shape index (κ1) is 22.3. The fourth-order valence-electron chi connectivity index (χ4n) is 3.64. The van der Waals surface area contributed by atoms with Gasteiger partial charge >= 0.3 is 5.97 Å². The average molecular weight is 445 g/mol. The summed E-state index contributed by atoms with van der Waals surface area (Å²) in [5, 5.41) is 0.975. The summed E-state index contributed by atoms with van der Waals surface area (Å²) in [6.45, 7) is 8.99. The van der Waals surface area contributed by atoms with Crippen LogP contribution in [0, 0.1) is 6.92 Å². The number of benzene rings is 2. The summed E-state index contributed by atoms with van der Waals surface area (Å²) in [6, 6.07) is 14.7. The standard InChI is InChI=1S/C23H25ClN2O3S/c1-5-26(6-2)23(4,16-10-8-7-9-11-16)22(28)29-25-20-15(3)30-19-13-12-17(24)14-18(19)21(20)27/h7-14,25H,5-6H2,1-4H3. The fraction of sp³-hybridized carbons (Fsp3) is 0.304. The number of hydrogen-bond donors (Lipinski definition) is 1. The molecular weight excluding hydrogens is 420 g/mol. The molecule has 0 amide bonds. The Morgan fingerprint density at radius 1 is 1.17 bits per heavy atom. The minimum absolute atomic E-state index is 0.248. The maximum atomic E-state index is 13.3. The summed E-state index contributed by atoms with van der Waals surface area (Å²) >= 11 is 7.50. The van der Waals surface area contributed by atoms with Crippen molar-refractivity contribution in [1.29, 1.82) is 0 Å². The molecule has 3 aromatic rings. The van der Waals surface area contributed by atoms with E-state index in [1.807, 2.05) is 69.0 Å². The van der Waals surface area contributed by atoms with Crippen LogP contribution in [0.5, 0.6) is 0 Å². The van der Waals surface area contributed by atoms with Crippen LogP contribution in [-0.2, 0) is 15.2 Å². The van der Waals surface area contributed by atoms with Crippen molar-refractivity contribution in [2.45, 2.75) is 33.2 Å². The number of halogens is 1.